The number of halogens is 1. The number of rotatable bonds is 7. The van der Waals surface area contributed by atoms with E-state index < -0.39 is 37.1 Å². The molecule has 0 bridgehead atoms. The summed E-state index contributed by atoms with van der Waals surface area (Å²) in [5, 5.41) is 34.2. The molecule has 0 saturated carbocycles. The number of aliphatic hydroxyl groups is 3. The van der Waals surface area contributed by atoms with Crippen LogP contribution in [0.4, 0.5) is 0 Å². The van der Waals surface area contributed by atoms with Crippen LogP contribution in [0.5, 0.6) is 0 Å². The number of fused-ring (bicyclic) bond motifs is 1. The Balaban J connectivity index is 0.000000387. The van der Waals surface area contributed by atoms with Gasteiger partial charge in [-0.3, -0.25) is 9.36 Å². The van der Waals surface area contributed by atoms with E-state index in [4.69, 9.17) is 42.2 Å². The third kappa shape index (κ3) is 6.05. The van der Waals surface area contributed by atoms with Crippen molar-refractivity contribution in [3.05, 3.63) is 33.3 Å². The van der Waals surface area contributed by atoms with Gasteiger partial charge in [0.1, 0.15) is 0 Å². The molecule has 0 radical (unpaired) electrons. The number of hydrogen-bond donors (Lipinski definition) is 5. The van der Waals surface area contributed by atoms with Crippen LogP contribution in [-0.2, 0) is 11.3 Å². The van der Waals surface area contributed by atoms with Crippen LogP contribution in [0.3, 0.4) is 0 Å². The summed E-state index contributed by atoms with van der Waals surface area (Å²) in [6.45, 7) is 2.84. The van der Waals surface area contributed by atoms with E-state index in [1.165, 1.54) is 4.57 Å². The Morgan fingerprint density at radius 2 is 1.81 bits per heavy atom. The second-order valence-electron chi connectivity index (χ2n) is 6.50. The molecule has 9 nitrogen and oxygen atoms in total. The Labute approximate surface area is 160 Å². The maximum absolute atomic E-state index is 11.7. The molecule has 27 heavy (non-hydrogen) atoms. The summed E-state index contributed by atoms with van der Waals surface area (Å²) in [5.41, 5.74) is 5.80. The Morgan fingerprint density at radius 1 is 1.26 bits per heavy atom. The van der Waals surface area contributed by atoms with Gasteiger partial charge in [-0.2, -0.15) is 0 Å². The molecule has 0 spiro atoms. The summed E-state index contributed by atoms with van der Waals surface area (Å²) in [5.74, 6) is -1.32. The van der Waals surface area contributed by atoms with E-state index in [1.807, 2.05) is 13.8 Å². The van der Waals surface area contributed by atoms with Gasteiger partial charge in [0.05, 0.1) is 37.3 Å². The number of aryl methyl sites for hydroxylation is 1. The lowest BCUT2D eigenvalue weighted by atomic mass is 10.0. The fraction of sp³-hybridized carbons (Fsp3) is 0.529. The predicted octanol–water partition coefficient (Wildman–Crippen LogP) is 0.507. The zero-order chi connectivity index (χ0) is 20.8. The maximum Gasteiger partial charge on any atom is 0.419 e. The van der Waals surface area contributed by atoms with Crippen molar-refractivity contribution in [2.24, 2.45) is 5.73 Å². The molecule has 2 aromatic rings. The van der Waals surface area contributed by atoms with Gasteiger partial charge in [0.25, 0.3) is 0 Å². The molecule has 0 atom stereocenters. The summed E-state index contributed by atoms with van der Waals surface area (Å²) in [7, 11) is 0. The second kappa shape index (κ2) is 9.86. The number of aliphatic carboxylic acids is 1. The first-order valence-corrected chi connectivity index (χ1v) is 8.62. The highest BCUT2D eigenvalue weighted by molar-refractivity contribution is 6.32. The van der Waals surface area contributed by atoms with Crippen LogP contribution in [0.1, 0.15) is 31.7 Å². The molecule has 0 amide bonds. The number of carboxylic acids is 1. The van der Waals surface area contributed by atoms with Crippen molar-refractivity contribution in [2.45, 2.75) is 38.3 Å². The fourth-order valence-corrected chi connectivity index (χ4v) is 2.49. The monoisotopic (exact) mass is 404 g/mol. The van der Waals surface area contributed by atoms with Crippen molar-refractivity contribution in [1.82, 2.24) is 4.57 Å². The Kier molecular flexibility index (Phi) is 8.45. The van der Waals surface area contributed by atoms with Crippen LogP contribution in [0.25, 0.3) is 11.1 Å². The largest absolute Gasteiger partial charge is 0.481 e. The van der Waals surface area contributed by atoms with Crippen LogP contribution in [-0.4, -0.2) is 56.3 Å². The number of aromatic nitrogens is 1. The molecule has 2 rings (SSSR count). The summed E-state index contributed by atoms with van der Waals surface area (Å²) < 4.78 is 6.42. The van der Waals surface area contributed by atoms with Gasteiger partial charge in [-0.25, -0.2) is 4.79 Å². The number of hydrogen-bond acceptors (Lipinski definition) is 7. The van der Waals surface area contributed by atoms with Gasteiger partial charge in [-0.15, -0.1) is 0 Å². The minimum Gasteiger partial charge on any atom is -0.481 e. The average Bonchev–Trinajstić information content (AvgIpc) is 2.93. The number of carboxylic acid groups (broad SMARTS) is 1. The third-order valence-electron chi connectivity index (χ3n) is 3.90. The molecule has 6 N–H and O–H groups in total. The van der Waals surface area contributed by atoms with Crippen molar-refractivity contribution in [3.8, 4) is 0 Å². The average molecular weight is 405 g/mol. The highest BCUT2D eigenvalue weighted by Gasteiger charge is 2.20. The number of carbonyl (C=O) groups is 1. The summed E-state index contributed by atoms with van der Waals surface area (Å²) >= 11 is 6.17. The lowest BCUT2D eigenvalue weighted by molar-refractivity contribution is -0.137. The number of nitrogens with zero attached hydrogens (tertiary/aromatic N) is 1. The fourth-order valence-electron chi connectivity index (χ4n) is 2.11. The van der Waals surface area contributed by atoms with E-state index in [0.29, 0.717) is 16.1 Å². The SMILES string of the molecule is CC(C)c1cc2oc(=O)n(CCC(=O)O)c2cc1Cl.NC(CO)(CO)CO. The van der Waals surface area contributed by atoms with Gasteiger partial charge in [-0.1, -0.05) is 25.4 Å². The Hall–Kier alpha value is -1.91. The van der Waals surface area contributed by atoms with Gasteiger partial charge in [0, 0.05) is 11.6 Å². The smallest absolute Gasteiger partial charge is 0.419 e. The zero-order valence-corrected chi connectivity index (χ0v) is 15.9. The maximum atomic E-state index is 11.7. The van der Waals surface area contributed by atoms with Gasteiger partial charge in [0.2, 0.25) is 0 Å². The molecular weight excluding hydrogens is 380 g/mol. The van der Waals surface area contributed by atoms with E-state index in [2.05, 4.69) is 0 Å². The molecule has 10 heteroatoms. The molecule has 0 saturated heterocycles. The summed E-state index contributed by atoms with van der Waals surface area (Å²) in [4.78, 5) is 22.3. The minimum absolute atomic E-state index is 0.0680. The molecule has 1 heterocycles. The number of oxazole rings is 1. The Morgan fingerprint density at radius 3 is 2.22 bits per heavy atom. The topological polar surface area (TPSA) is 159 Å². The molecule has 0 aliphatic heterocycles. The first-order valence-electron chi connectivity index (χ1n) is 8.24. The van der Waals surface area contributed by atoms with Crippen LogP contribution < -0.4 is 11.5 Å². The quantitative estimate of drug-likeness (QED) is 0.446. The van der Waals surface area contributed by atoms with E-state index in [0.717, 1.165) is 5.56 Å². The molecule has 152 valence electrons. The normalized spacial score (nSPS) is 11.6. The van der Waals surface area contributed by atoms with Crippen LogP contribution in [0, 0.1) is 0 Å². The van der Waals surface area contributed by atoms with Crippen molar-refractivity contribution in [1.29, 1.82) is 0 Å². The van der Waals surface area contributed by atoms with Crippen LogP contribution in [0.2, 0.25) is 5.02 Å². The molecule has 1 aromatic heterocycles. The third-order valence-corrected chi connectivity index (χ3v) is 4.23. The van der Waals surface area contributed by atoms with Crippen molar-refractivity contribution >= 4 is 28.7 Å². The van der Waals surface area contributed by atoms with Crippen LogP contribution >= 0.6 is 11.6 Å². The van der Waals surface area contributed by atoms with Crippen molar-refractivity contribution in [2.75, 3.05) is 19.8 Å². The van der Waals surface area contributed by atoms with Crippen molar-refractivity contribution < 1.29 is 29.6 Å². The first kappa shape index (κ1) is 23.1. The molecule has 1 aromatic carbocycles. The molecular formula is C17H25ClN2O7. The number of nitrogens with two attached hydrogens (primary N) is 1. The minimum atomic E-state index is -1.21. The highest BCUT2D eigenvalue weighted by atomic mass is 35.5. The van der Waals surface area contributed by atoms with Gasteiger partial charge >= 0.3 is 11.7 Å². The zero-order valence-electron chi connectivity index (χ0n) is 15.2. The number of aliphatic hydroxyl groups excluding tert-OH is 3. The van der Waals surface area contributed by atoms with Gasteiger partial charge in [-0.05, 0) is 23.6 Å². The summed E-state index contributed by atoms with van der Waals surface area (Å²) in [6.07, 6.45) is -0.141. The Bertz CT molecular complexity index is 816. The van der Waals surface area contributed by atoms with Gasteiger partial charge < -0.3 is 30.6 Å². The first-order chi connectivity index (χ1) is 12.6. The lowest BCUT2D eigenvalue weighted by Crippen LogP contribution is -2.50. The van der Waals surface area contributed by atoms with E-state index >= 15 is 0 Å². The van der Waals surface area contributed by atoms with E-state index in [9.17, 15) is 9.59 Å². The molecule has 0 fully saturated rings. The van der Waals surface area contributed by atoms with Crippen LogP contribution in [0.15, 0.2) is 21.3 Å². The summed E-state index contributed by atoms with van der Waals surface area (Å²) in [6, 6.07) is 3.39. The standard InChI is InChI=1S/C13H14ClNO4.C4H11NO3/c1-7(2)8-5-11-10(6-9(8)14)15(13(18)19-11)4-3-12(16)17;5-4(1-6,2-7)3-8/h5-7H,3-4H2,1-2H3,(H,16,17);6-8H,1-3,5H2. The number of benzene rings is 1. The lowest BCUT2D eigenvalue weighted by Gasteiger charge is -2.20. The molecule has 0 aliphatic carbocycles. The van der Waals surface area contributed by atoms with Crippen molar-refractivity contribution in [3.63, 3.8) is 0 Å². The van der Waals surface area contributed by atoms with Gasteiger partial charge in [0.15, 0.2) is 5.58 Å². The predicted molar refractivity (Wildman–Crippen MR) is 100 cm³/mol. The van der Waals surface area contributed by atoms with E-state index in [1.54, 1.807) is 12.1 Å². The highest BCUT2D eigenvalue weighted by Crippen LogP contribution is 2.29. The molecule has 0 aliphatic rings. The molecule has 0 unspecified atom stereocenters. The second-order valence-corrected chi connectivity index (χ2v) is 6.90. The van der Waals surface area contributed by atoms with E-state index in [-0.39, 0.29) is 18.9 Å².